The molecule has 9 rings (SSSR count). The largest absolute Gasteiger partial charge is 0.456 e. The molecule has 1 aliphatic heterocycles. The van der Waals surface area contributed by atoms with Crippen LogP contribution < -0.4 is 5.32 Å². The third kappa shape index (κ3) is 4.79. The Balaban J connectivity index is 1.25. The van der Waals surface area contributed by atoms with Gasteiger partial charge in [-0.3, -0.25) is 0 Å². The molecule has 222 valence electrons. The van der Waals surface area contributed by atoms with Gasteiger partial charge in [0.2, 0.25) is 0 Å². The number of nitrogens with zero attached hydrogens (tertiary/aromatic N) is 2. The van der Waals surface area contributed by atoms with E-state index in [9.17, 15) is 0 Å². The number of nitrogens with one attached hydrogen (secondary N) is 1. The van der Waals surface area contributed by atoms with Crippen molar-refractivity contribution in [3.8, 4) is 22.3 Å². The lowest BCUT2D eigenvalue weighted by Gasteiger charge is -2.24. The Morgan fingerprint density at radius 3 is 1.79 bits per heavy atom. The van der Waals surface area contributed by atoms with Crippen LogP contribution in [0.1, 0.15) is 22.9 Å². The Bertz CT molecular complexity index is 2480. The minimum Gasteiger partial charge on any atom is -0.456 e. The van der Waals surface area contributed by atoms with Crippen LogP contribution in [0.4, 0.5) is 0 Å². The molecule has 4 heteroatoms. The van der Waals surface area contributed by atoms with Crippen LogP contribution in [0.15, 0.2) is 178 Å². The van der Waals surface area contributed by atoms with Crippen molar-refractivity contribution in [3.05, 3.63) is 180 Å². The topological polar surface area (TPSA) is 49.9 Å². The summed E-state index contributed by atoms with van der Waals surface area (Å²) in [6.45, 7) is 0. The molecule has 1 aromatic heterocycles. The summed E-state index contributed by atoms with van der Waals surface area (Å²) in [6.07, 6.45) is -0.487. The Labute approximate surface area is 272 Å². The first-order chi connectivity index (χ1) is 23.3. The summed E-state index contributed by atoms with van der Waals surface area (Å²) in [5.74, 6) is 1.57. The molecular weight excluding hydrogens is 574 g/mol. The van der Waals surface area contributed by atoms with Crippen molar-refractivity contribution in [2.75, 3.05) is 0 Å². The molecule has 0 bridgehead atoms. The second-order valence-corrected chi connectivity index (χ2v) is 11.8. The fourth-order valence-corrected chi connectivity index (χ4v) is 6.72. The molecule has 47 heavy (non-hydrogen) atoms. The third-order valence-corrected chi connectivity index (χ3v) is 8.96. The normalized spacial score (nSPS) is 14.6. The number of amidine groups is 2. The molecule has 0 saturated carbocycles. The third-order valence-electron chi connectivity index (χ3n) is 8.96. The predicted octanol–water partition coefficient (Wildman–Crippen LogP) is 10.6. The van der Waals surface area contributed by atoms with Gasteiger partial charge in [0.05, 0.1) is 0 Å². The molecule has 1 unspecified atom stereocenters. The Hall–Kier alpha value is -6.26. The highest BCUT2D eigenvalue weighted by Gasteiger charge is 2.25. The van der Waals surface area contributed by atoms with E-state index in [-0.39, 0.29) is 0 Å². The van der Waals surface area contributed by atoms with Crippen LogP contribution >= 0.6 is 0 Å². The Morgan fingerprint density at radius 2 is 1.04 bits per heavy atom. The number of fused-ring (bicyclic) bond motifs is 4. The Kier molecular flexibility index (Phi) is 6.50. The first-order valence-corrected chi connectivity index (χ1v) is 15.9. The van der Waals surface area contributed by atoms with Gasteiger partial charge in [-0.2, -0.15) is 0 Å². The quantitative estimate of drug-likeness (QED) is 0.213. The molecule has 1 N–H and O–H groups in total. The van der Waals surface area contributed by atoms with Crippen molar-refractivity contribution < 1.29 is 4.42 Å². The van der Waals surface area contributed by atoms with Crippen molar-refractivity contribution in [1.29, 1.82) is 0 Å². The van der Waals surface area contributed by atoms with Gasteiger partial charge in [0, 0.05) is 27.5 Å². The maximum atomic E-state index is 6.40. The zero-order chi connectivity index (χ0) is 31.2. The molecule has 8 aromatic rings. The second kappa shape index (κ2) is 11.3. The summed E-state index contributed by atoms with van der Waals surface area (Å²) < 4.78 is 6.40. The molecule has 1 atom stereocenters. The van der Waals surface area contributed by atoms with Gasteiger partial charge in [-0.1, -0.05) is 146 Å². The number of furan rings is 1. The SMILES string of the molecule is c1ccc(C2=NC(c3cccc4oc5ccc(-c6ccccc6)cc5c34)N=C(c3ccc(-c4ccccc4)c4ccccc34)N2)cc1. The molecule has 2 heterocycles. The minimum absolute atomic E-state index is 0.487. The van der Waals surface area contributed by atoms with E-state index >= 15 is 0 Å². The van der Waals surface area contributed by atoms with Gasteiger partial charge in [-0.15, -0.1) is 0 Å². The van der Waals surface area contributed by atoms with Crippen LogP contribution in [0.5, 0.6) is 0 Å². The highest BCUT2D eigenvalue weighted by Crippen LogP contribution is 2.39. The number of aliphatic imine (C=N–C) groups is 2. The van der Waals surface area contributed by atoms with E-state index < -0.39 is 6.17 Å². The van der Waals surface area contributed by atoms with E-state index in [0.29, 0.717) is 0 Å². The maximum Gasteiger partial charge on any atom is 0.170 e. The van der Waals surface area contributed by atoms with Gasteiger partial charge in [0.25, 0.3) is 0 Å². The fraction of sp³-hybridized carbons (Fsp3) is 0.0233. The summed E-state index contributed by atoms with van der Waals surface area (Å²) >= 11 is 0. The van der Waals surface area contributed by atoms with E-state index in [2.05, 4.69) is 133 Å². The lowest BCUT2D eigenvalue weighted by molar-refractivity contribution is 0.667. The number of hydrogen-bond donors (Lipinski definition) is 1. The van der Waals surface area contributed by atoms with Crippen LogP contribution in [0.25, 0.3) is 55.0 Å². The molecule has 0 saturated heterocycles. The van der Waals surface area contributed by atoms with Gasteiger partial charge in [0.1, 0.15) is 22.8 Å². The van der Waals surface area contributed by atoms with Crippen molar-refractivity contribution in [2.24, 2.45) is 9.98 Å². The molecule has 4 nitrogen and oxygen atoms in total. The van der Waals surface area contributed by atoms with Crippen molar-refractivity contribution in [1.82, 2.24) is 5.32 Å². The molecular formula is C43H29N3O. The second-order valence-electron chi connectivity index (χ2n) is 11.8. The smallest absolute Gasteiger partial charge is 0.170 e. The van der Waals surface area contributed by atoms with Crippen molar-refractivity contribution >= 4 is 44.4 Å². The lowest BCUT2D eigenvalue weighted by atomic mass is 9.94. The summed E-state index contributed by atoms with van der Waals surface area (Å²) in [6, 6.07) is 56.8. The molecule has 0 fully saturated rings. The molecule has 0 aliphatic carbocycles. The first-order valence-electron chi connectivity index (χ1n) is 15.9. The predicted molar refractivity (Wildman–Crippen MR) is 194 cm³/mol. The van der Waals surface area contributed by atoms with Gasteiger partial charge in [-0.05, 0) is 51.2 Å². The van der Waals surface area contributed by atoms with E-state index in [1.807, 2.05) is 36.4 Å². The highest BCUT2D eigenvalue weighted by molar-refractivity contribution is 6.21. The van der Waals surface area contributed by atoms with Gasteiger partial charge >= 0.3 is 0 Å². The average Bonchev–Trinajstić information content (AvgIpc) is 3.53. The van der Waals surface area contributed by atoms with Gasteiger partial charge in [0.15, 0.2) is 6.17 Å². The molecule has 7 aromatic carbocycles. The molecule has 0 radical (unpaired) electrons. The standard InChI is InChI=1S/C43H29N3O/c1-4-13-28(14-5-1)31-23-26-38-37(27-31)40-36(21-12-22-39(40)47-38)43-45-41(30-17-8-3-9-18-30)44-42(46-43)35-25-24-32(29-15-6-2-7-16-29)33-19-10-11-20-34(33)35/h1-27,43H,(H,44,45,46). The van der Waals surface area contributed by atoms with Crippen LogP contribution in [-0.2, 0) is 0 Å². The summed E-state index contributed by atoms with van der Waals surface area (Å²) in [5, 5.41) is 8.03. The number of hydrogen-bond acceptors (Lipinski definition) is 4. The van der Waals surface area contributed by atoms with E-state index in [0.717, 1.165) is 61.2 Å². The maximum absolute atomic E-state index is 6.40. The van der Waals surface area contributed by atoms with Crippen LogP contribution in [-0.4, -0.2) is 11.7 Å². The number of benzene rings is 7. The zero-order valence-corrected chi connectivity index (χ0v) is 25.5. The van der Waals surface area contributed by atoms with E-state index in [4.69, 9.17) is 14.4 Å². The van der Waals surface area contributed by atoms with Crippen LogP contribution in [0, 0.1) is 0 Å². The molecule has 0 spiro atoms. The van der Waals surface area contributed by atoms with Crippen LogP contribution in [0.2, 0.25) is 0 Å². The minimum atomic E-state index is -0.487. The molecule has 1 aliphatic rings. The Morgan fingerprint density at radius 1 is 0.426 bits per heavy atom. The highest BCUT2D eigenvalue weighted by atomic mass is 16.3. The van der Waals surface area contributed by atoms with E-state index in [1.165, 1.54) is 22.1 Å². The number of rotatable bonds is 5. The van der Waals surface area contributed by atoms with Crippen molar-refractivity contribution in [3.63, 3.8) is 0 Å². The summed E-state index contributed by atoms with van der Waals surface area (Å²) in [4.78, 5) is 10.6. The average molecular weight is 604 g/mol. The zero-order valence-electron chi connectivity index (χ0n) is 25.5. The fourth-order valence-electron chi connectivity index (χ4n) is 6.72. The van der Waals surface area contributed by atoms with Crippen LogP contribution in [0.3, 0.4) is 0 Å². The van der Waals surface area contributed by atoms with Crippen molar-refractivity contribution in [2.45, 2.75) is 6.17 Å². The van der Waals surface area contributed by atoms with Gasteiger partial charge in [-0.25, -0.2) is 9.98 Å². The lowest BCUT2D eigenvalue weighted by Crippen LogP contribution is -2.36. The van der Waals surface area contributed by atoms with Gasteiger partial charge < -0.3 is 9.73 Å². The first kappa shape index (κ1) is 27.1. The summed E-state index contributed by atoms with van der Waals surface area (Å²) in [7, 11) is 0. The summed E-state index contributed by atoms with van der Waals surface area (Å²) in [5.41, 5.74) is 9.40. The molecule has 0 amide bonds. The van der Waals surface area contributed by atoms with E-state index in [1.54, 1.807) is 0 Å². The monoisotopic (exact) mass is 603 g/mol.